The summed E-state index contributed by atoms with van der Waals surface area (Å²) >= 11 is 0. The minimum Gasteiger partial charge on any atom is -0.397 e. The van der Waals surface area contributed by atoms with Crippen LogP contribution in [-0.2, 0) is 4.79 Å². The highest BCUT2D eigenvalue weighted by Gasteiger charge is 2.05. The number of rotatable bonds is 2. The molecule has 6 nitrogen and oxygen atoms in total. The average Bonchev–Trinajstić information content (AvgIpc) is 2.78. The van der Waals surface area contributed by atoms with Crippen LogP contribution < -0.4 is 11.1 Å². The summed E-state index contributed by atoms with van der Waals surface area (Å²) in [6.07, 6.45) is 7.04. The fourth-order valence-electron chi connectivity index (χ4n) is 2.02. The molecule has 0 saturated carbocycles. The Morgan fingerprint density at radius 2 is 2.10 bits per heavy atom. The first-order chi connectivity index (χ1) is 9.61. The van der Waals surface area contributed by atoms with Crippen LogP contribution in [0.25, 0.3) is 16.8 Å². The van der Waals surface area contributed by atoms with Crippen LogP contribution in [0, 0.1) is 0 Å². The molecule has 0 aliphatic heterocycles. The molecule has 0 bridgehead atoms. The van der Waals surface area contributed by atoms with Crippen molar-refractivity contribution in [1.29, 1.82) is 0 Å². The normalized spacial score (nSPS) is 10.7. The molecule has 0 spiro atoms. The van der Waals surface area contributed by atoms with E-state index in [9.17, 15) is 4.79 Å². The number of imidazole rings is 1. The first-order valence-electron chi connectivity index (χ1n) is 6.09. The first-order valence-corrected chi connectivity index (χ1v) is 6.09. The lowest BCUT2D eigenvalue weighted by molar-refractivity contribution is -0.114. The van der Waals surface area contributed by atoms with Crippen LogP contribution in [0.4, 0.5) is 11.5 Å². The standard InChI is InChI=1S/C14H13N5O/c1-9(20)17-13-8-19-7-10(2-3-14(19)18-13)11-4-12(15)6-16-5-11/h2-8H,15H2,1H3,(H,17,20). The van der Waals surface area contributed by atoms with Crippen LogP contribution in [-0.4, -0.2) is 20.3 Å². The van der Waals surface area contributed by atoms with Gasteiger partial charge in [0.05, 0.1) is 11.9 Å². The van der Waals surface area contributed by atoms with Crippen molar-refractivity contribution in [3.05, 3.63) is 43.0 Å². The Morgan fingerprint density at radius 1 is 1.25 bits per heavy atom. The summed E-state index contributed by atoms with van der Waals surface area (Å²) in [5.41, 5.74) is 9.02. The number of fused-ring (bicyclic) bond motifs is 1. The highest BCUT2D eigenvalue weighted by atomic mass is 16.1. The maximum Gasteiger partial charge on any atom is 0.222 e. The van der Waals surface area contributed by atoms with Gasteiger partial charge in [-0.25, -0.2) is 4.98 Å². The molecule has 0 atom stereocenters. The SMILES string of the molecule is CC(=O)Nc1cn2cc(-c3cncc(N)c3)ccc2n1. The number of nitrogens with one attached hydrogen (secondary N) is 1. The maximum absolute atomic E-state index is 11.0. The van der Waals surface area contributed by atoms with Crippen molar-refractivity contribution >= 4 is 23.1 Å². The van der Waals surface area contributed by atoms with Gasteiger partial charge in [-0.2, -0.15) is 0 Å². The molecule has 3 heterocycles. The number of hydrogen-bond acceptors (Lipinski definition) is 4. The average molecular weight is 267 g/mol. The maximum atomic E-state index is 11.0. The summed E-state index contributed by atoms with van der Waals surface area (Å²) in [4.78, 5) is 19.4. The molecule has 0 radical (unpaired) electrons. The van der Waals surface area contributed by atoms with Gasteiger partial charge in [-0.05, 0) is 18.2 Å². The van der Waals surface area contributed by atoms with Crippen LogP contribution >= 0.6 is 0 Å². The summed E-state index contributed by atoms with van der Waals surface area (Å²) in [6, 6.07) is 5.68. The van der Waals surface area contributed by atoms with Gasteiger partial charge in [0.1, 0.15) is 5.65 Å². The van der Waals surface area contributed by atoms with Crippen molar-refractivity contribution in [2.45, 2.75) is 6.92 Å². The summed E-state index contributed by atoms with van der Waals surface area (Å²) < 4.78 is 1.85. The Balaban J connectivity index is 2.04. The number of carbonyl (C=O) groups is 1. The minimum absolute atomic E-state index is 0.145. The van der Waals surface area contributed by atoms with Gasteiger partial charge in [0.25, 0.3) is 0 Å². The Morgan fingerprint density at radius 3 is 2.85 bits per heavy atom. The van der Waals surface area contributed by atoms with E-state index in [1.165, 1.54) is 6.92 Å². The van der Waals surface area contributed by atoms with E-state index >= 15 is 0 Å². The van der Waals surface area contributed by atoms with Gasteiger partial charge in [0, 0.05) is 36.6 Å². The number of pyridine rings is 2. The zero-order chi connectivity index (χ0) is 14.1. The zero-order valence-electron chi connectivity index (χ0n) is 10.9. The highest BCUT2D eigenvalue weighted by molar-refractivity contribution is 5.87. The number of nitrogens with two attached hydrogens (primary N) is 1. The minimum atomic E-state index is -0.145. The zero-order valence-corrected chi connectivity index (χ0v) is 10.9. The number of aromatic nitrogens is 3. The van der Waals surface area contributed by atoms with Crippen molar-refractivity contribution in [3.63, 3.8) is 0 Å². The van der Waals surface area contributed by atoms with Gasteiger partial charge in [-0.15, -0.1) is 0 Å². The quantitative estimate of drug-likeness (QED) is 0.743. The highest BCUT2D eigenvalue weighted by Crippen LogP contribution is 2.21. The van der Waals surface area contributed by atoms with Crippen molar-refractivity contribution in [2.24, 2.45) is 0 Å². The van der Waals surface area contributed by atoms with Crippen molar-refractivity contribution in [1.82, 2.24) is 14.4 Å². The van der Waals surface area contributed by atoms with Gasteiger partial charge in [-0.1, -0.05) is 0 Å². The lowest BCUT2D eigenvalue weighted by Crippen LogP contribution is -2.05. The third kappa shape index (κ3) is 2.31. The molecule has 100 valence electrons. The molecule has 3 aromatic heterocycles. The lowest BCUT2D eigenvalue weighted by atomic mass is 10.1. The molecule has 0 aromatic carbocycles. The second kappa shape index (κ2) is 4.65. The number of hydrogen-bond donors (Lipinski definition) is 2. The molecular formula is C14H13N5O. The number of anilines is 2. The van der Waals surface area contributed by atoms with Crippen LogP contribution in [0.3, 0.4) is 0 Å². The monoisotopic (exact) mass is 267 g/mol. The Hall–Kier alpha value is -2.89. The van der Waals surface area contributed by atoms with Gasteiger partial charge < -0.3 is 15.5 Å². The summed E-state index contributed by atoms with van der Waals surface area (Å²) in [5, 5.41) is 2.66. The predicted octanol–water partition coefficient (Wildman–Crippen LogP) is 1.94. The topological polar surface area (TPSA) is 85.3 Å². The molecule has 0 aliphatic rings. The van der Waals surface area contributed by atoms with E-state index in [4.69, 9.17) is 5.73 Å². The molecular weight excluding hydrogens is 254 g/mol. The molecule has 3 aromatic rings. The molecule has 0 saturated heterocycles. The molecule has 0 unspecified atom stereocenters. The molecule has 1 amide bonds. The fraction of sp³-hybridized carbons (Fsp3) is 0.0714. The van der Waals surface area contributed by atoms with Gasteiger partial charge in [-0.3, -0.25) is 9.78 Å². The Kier molecular flexibility index (Phi) is 2.83. The van der Waals surface area contributed by atoms with Crippen molar-refractivity contribution in [3.8, 4) is 11.1 Å². The van der Waals surface area contributed by atoms with E-state index in [0.717, 1.165) is 16.8 Å². The number of nitrogens with zero attached hydrogens (tertiary/aromatic N) is 3. The second-order valence-electron chi connectivity index (χ2n) is 4.50. The largest absolute Gasteiger partial charge is 0.397 e. The van der Waals surface area contributed by atoms with Crippen LogP contribution in [0.5, 0.6) is 0 Å². The number of nitrogen functional groups attached to an aromatic ring is 1. The molecule has 3 N–H and O–H groups in total. The van der Waals surface area contributed by atoms with Gasteiger partial charge >= 0.3 is 0 Å². The Bertz CT molecular complexity index is 793. The molecule has 6 heteroatoms. The number of amides is 1. The van der Waals surface area contributed by atoms with Crippen molar-refractivity contribution in [2.75, 3.05) is 11.1 Å². The number of carbonyl (C=O) groups excluding carboxylic acids is 1. The molecule has 20 heavy (non-hydrogen) atoms. The summed E-state index contributed by atoms with van der Waals surface area (Å²) in [5.74, 6) is 0.383. The summed E-state index contributed by atoms with van der Waals surface area (Å²) in [6.45, 7) is 1.45. The van der Waals surface area contributed by atoms with Crippen LogP contribution in [0.15, 0.2) is 43.0 Å². The van der Waals surface area contributed by atoms with E-state index in [1.54, 1.807) is 18.6 Å². The van der Waals surface area contributed by atoms with Gasteiger partial charge in [0.2, 0.25) is 5.91 Å². The Labute approximate surface area is 115 Å². The van der Waals surface area contributed by atoms with E-state index in [0.29, 0.717) is 11.5 Å². The molecule has 3 rings (SSSR count). The van der Waals surface area contributed by atoms with Gasteiger partial charge in [0.15, 0.2) is 5.82 Å². The van der Waals surface area contributed by atoms with Crippen molar-refractivity contribution < 1.29 is 4.79 Å². The fourth-order valence-corrected chi connectivity index (χ4v) is 2.02. The second-order valence-corrected chi connectivity index (χ2v) is 4.50. The van der Waals surface area contributed by atoms with Crippen LogP contribution in [0.1, 0.15) is 6.92 Å². The van der Waals surface area contributed by atoms with Crippen LogP contribution in [0.2, 0.25) is 0 Å². The summed E-state index contributed by atoms with van der Waals surface area (Å²) in [7, 11) is 0. The van der Waals surface area contributed by atoms with E-state index in [1.807, 2.05) is 28.8 Å². The molecule has 0 fully saturated rings. The predicted molar refractivity (Wildman–Crippen MR) is 77.1 cm³/mol. The van der Waals surface area contributed by atoms with E-state index < -0.39 is 0 Å². The lowest BCUT2D eigenvalue weighted by Gasteiger charge is -2.02. The van der Waals surface area contributed by atoms with E-state index in [-0.39, 0.29) is 5.91 Å². The molecule has 0 aliphatic carbocycles. The smallest absolute Gasteiger partial charge is 0.222 e. The third-order valence-electron chi connectivity index (χ3n) is 2.85. The third-order valence-corrected chi connectivity index (χ3v) is 2.85. The first kappa shape index (κ1) is 12.2. The van der Waals surface area contributed by atoms with E-state index in [2.05, 4.69) is 15.3 Å².